The lowest BCUT2D eigenvalue weighted by Gasteiger charge is -2.11. The maximum atomic E-state index is 12.4. The molecule has 7 N–H and O–H groups in total. The number of nitrogens with one attached hydrogen (secondary N) is 1. The normalized spacial score (nSPS) is 16.5. The molecule has 0 saturated carbocycles. The van der Waals surface area contributed by atoms with Gasteiger partial charge in [-0.2, -0.15) is 0 Å². The Morgan fingerprint density at radius 3 is 2.72 bits per heavy atom. The van der Waals surface area contributed by atoms with Crippen molar-refractivity contribution < 1.29 is 19.7 Å². The second kappa shape index (κ2) is 11.1. The third-order valence-corrected chi connectivity index (χ3v) is 5.33. The average Bonchev–Trinajstić information content (AvgIpc) is 3.22. The molecule has 0 fully saturated rings. The predicted octanol–water partition coefficient (Wildman–Crippen LogP) is 1.20. The standard InChI is InChI=1S/C21H27ClN6O4/c22-18-20(24)28-19(23)17(27-18)21(31)26-16-8-13(9-25-16)3-1-2-12-4-6-15(7-5-12)32-11-14(30)10-29/h4-7,13-14,29-30H,1-3,8-11H2,(H4,23,24,28)(H,25,26,31)/t13-,14+/m0/s1. The number of nitrogens with zero attached hydrogens (tertiary/aromatic N) is 3. The molecule has 0 spiro atoms. The van der Waals surface area contributed by atoms with E-state index in [1.54, 1.807) is 0 Å². The van der Waals surface area contributed by atoms with Gasteiger partial charge in [0.15, 0.2) is 22.5 Å². The van der Waals surface area contributed by atoms with Gasteiger partial charge in [0, 0.05) is 13.0 Å². The van der Waals surface area contributed by atoms with Crippen LogP contribution in [-0.4, -0.2) is 57.8 Å². The van der Waals surface area contributed by atoms with Gasteiger partial charge in [-0.15, -0.1) is 0 Å². The molecule has 0 unspecified atom stereocenters. The summed E-state index contributed by atoms with van der Waals surface area (Å²) in [7, 11) is 0. The topological polar surface area (TPSA) is 169 Å². The summed E-state index contributed by atoms with van der Waals surface area (Å²) in [6.45, 7) is 0.381. The molecular weight excluding hydrogens is 436 g/mol. The second-order valence-electron chi connectivity index (χ2n) is 7.63. The van der Waals surface area contributed by atoms with E-state index in [1.165, 1.54) is 5.56 Å². The fourth-order valence-corrected chi connectivity index (χ4v) is 3.44. The van der Waals surface area contributed by atoms with Crippen molar-refractivity contribution in [2.45, 2.75) is 31.8 Å². The third-order valence-electron chi connectivity index (χ3n) is 5.05. The first kappa shape index (κ1) is 23.7. The Balaban J connectivity index is 1.40. The number of amidine groups is 1. The second-order valence-corrected chi connectivity index (χ2v) is 7.99. The van der Waals surface area contributed by atoms with Crippen LogP contribution in [0.25, 0.3) is 0 Å². The zero-order chi connectivity index (χ0) is 23.1. The highest BCUT2D eigenvalue weighted by molar-refractivity contribution is 6.31. The van der Waals surface area contributed by atoms with Crippen molar-refractivity contribution in [2.24, 2.45) is 10.9 Å². The molecule has 2 aromatic rings. The van der Waals surface area contributed by atoms with Crippen LogP contribution in [0, 0.1) is 5.92 Å². The number of benzene rings is 1. The predicted molar refractivity (Wildman–Crippen MR) is 122 cm³/mol. The molecule has 0 radical (unpaired) electrons. The van der Waals surface area contributed by atoms with Crippen molar-refractivity contribution in [1.82, 2.24) is 15.3 Å². The Morgan fingerprint density at radius 1 is 1.25 bits per heavy atom. The van der Waals surface area contributed by atoms with Crippen molar-refractivity contribution in [1.29, 1.82) is 0 Å². The summed E-state index contributed by atoms with van der Waals surface area (Å²) in [5, 5.41) is 20.8. The molecular formula is C21H27ClN6O4. The van der Waals surface area contributed by atoms with Gasteiger partial charge in [-0.3, -0.25) is 9.79 Å². The fourth-order valence-electron chi connectivity index (χ4n) is 3.32. The molecule has 0 bridgehead atoms. The number of amides is 1. The molecule has 10 nitrogen and oxygen atoms in total. The summed E-state index contributed by atoms with van der Waals surface area (Å²) in [4.78, 5) is 24.5. The number of nitrogen functional groups attached to an aromatic ring is 2. The summed E-state index contributed by atoms with van der Waals surface area (Å²) in [5.41, 5.74) is 12.4. The van der Waals surface area contributed by atoms with Gasteiger partial charge in [-0.05, 0) is 42.9 Å². The van der Waals surface area contributed by atoms with E-state index in [4.69, 9.17) is 32.9 Å². The van der Waals surface area contributed by atoms with Crippen LogP contribution in [0.3, 0.4) is 0 Å². The van der Waals surface area contributed by atoms with E-state index in [-0.39, 0.29) is 35.7 Å². The minimum Gasteiger partial charge on any atom is -0.491 e. The molecule has 172 valence electrons. The number of carbonyl (C=O) groups excluding carboxylic acids is 1. The Morgan fingerprint density at radius 2 is 2.00 bits per heavy atom. The summed E-state index contributed by atoms with van der Waals surface area (Å²) in [6, 6.07) is 7.68. The van der Waals surface area contributed by atoms with Gasteiger partial charge in [0.05, 0.1) is 6.61 Å². The molecule has 1 aliphatic rings. The van der Waals surface area contributed by atoms with E-state index in [2.05, 4.69) is 20.3 Å². The van der Waals surface area contributed by atoms with Gasteiger partial charge in [0.1, 0.15) is 24.3 Å². The van der Waals surface area contributed by atoms with E-state index in [0.29, 0.717) is 30.5 Å². The number of aliphatic imine (C=N–C) groups is 1. The number of aliphatic hydroxyl groups is 2. The van der Waals surface area contributed by atoms with Crippen molar-refractivity contribution in [3.63, 3.8) is 0 Å². The number of anilines is 2. The number of nitrogens with two attached hydrogens (primary N) is 2. The molecule has 1 aliphatic heterocycles. The van der Waals surface area contributed by atoms with Crippen molar-refractivity contribution >= 4 is 35.0 Å². The SMILES string of the molecule is Nc1nc(N)c(C(=O)NC2=NC[C@@H](CCCc3ccc(OC[C@H](O)CO)cc3)C2)nc1Cl. The highest BCUT2D eigenvalue weighted by Crippen LogP contribution is 2.22. The van der Waals surface area contributed by atoms with Crippen LogP contribution in [0.2, 0.25) is 5.15 Å². The van der Waals surface area contributed by atoms with E-state index in [0.717, 1.165) is 19.3 Å². The molecule has 11 heteroatoms. The lowest BCUT2D eigenvalue weighted by molar-refractivity contribution is 0.0536. The largest absolute Gasteiger partial charge is 0.491 e. The lowest BCUT2D eigenvalue weighted by Crippen LogP contribution is -2.31. The zero-order valence-electron chi connectivity index (χ0n) is 17.5. The smallest absolute Gasteiger partial charge is 0.279 e. The minimum absolute atomic E-state index is 0.0263. The Hall–Kier alpha value is -2.95. The van der Waals surface area contributed by atoms with Crippen LogP contribution in [0.1, 0.15) is 35.3 Å². The number of halogens is 1. The number of rotatable bonds is 9. The number of hydrogen-bond donors (Lipinski definition) is 5. The Labute approximate surface area is 190 Å². The van der Waals surface area contributed by atoms with E-state index >= 15 is 0 Å². The average molecular weight is 463 g/mol. The fraction of sp³-hybridized carbons (Fsp3) is 0.429. The van der Waals surface area contributed by atoms with Gasteiger partial charge < -0.3 is 31.7 Å². The van der Waals surface area contributed by atoms with Gasteiger partial charge in [-0.1, -0.05) is 23.7 Å². The van der Waals surface area contributed by atoms with E-state index in [9.17, 15) is 9.90 Å². The van der Waals surface area contributed by atoms with E-state index < -0.39 is 12.0 Å². The van der Waals surface area contributed by atoms with Crippen molar-refractivity contribution in [3.05, 3.63) is 40.7 Å². The van der Waals surface area contributed by atoms with Crippen LogP contribution >= 0.6 is 11.6 Å². The first-order valence-electron chi connectivity index (χ1n) is 10.3. The van der Waals surface area contributed by atoms with Gasteiger partial charge in [0.2, 0.25) is 0 Å². The first-order chi connectivity index (χ1) is 15.4. The molecule has 32 heavy (non-hydrogen) atoms. The number of aliphatic hydroxyl groups excluding tert-OH is 2. The summed E-state index contributed by atoms with van der Waals surface area (Å²) < 4.78 is 5.41. The molecule has 2 atom stereocenters. The molecule has 1 aromatic heterocycles. The Kier molecular flexibility index (Phi) is 8.20. The number of aryl methyl sites for hydroxylation is 1. The van der Waals surface area contributed by atoms with Gasteiger partial charge in [0.25, 0.3) is 5.91 Å². The molecule has 0 saturated heterocycles. The van der Waals surface area contributed by atoms with Crippen LogP contribution in [0.5, 0.6) is 5.75 Å². The van der Waals surface area contributed by atoms with Crippen LogP contribution in [-0.2, 0) is 6.42 Å². The zero-order valence-corrected chi connectivity index (χ0v) is 18.3. The Bertz CT molecular complexity index is 970. The quantitative estimate of drug-likeness (QED) is 0.370. The summed E-state index contributed by atoms with van der Waals surface area (Å²) in [5.74, 6) is 0.984. The minimum atomic E-state index is -0.882. The first-order valence-corrected chi connectivity index (χ1v) is 10.7. The molecule has 0 aliphatic carbocycles. The molecule has 3 rings (SSSR count). The molecule has 1 aromatic carbocycles. The van der Waals surface area contributed by atoms with Crippen molar-refractivity contribution in [2.75, 3.05) is 31.2 Å². The highest BCUT2D eigenvalue weighted by atomic mass is 35.5. The maximum Gasteiger partial charge on any atom is 0.279 e. The summed E-state index contributed by atoms with van der Waals surface area (Å²) >= 11 is 5.83. The van der Waals surface area contributed by atoms with Gasteiger partial charge >= 0.3 is 0 Å². The molecule has 2 heterocycles. The number of ether oxygens (including phenoxy) is 1. The van der Waals surface area contributed by atoms with E-state index in [1.807, 2.05) is 24.3 Å². The van der Waals surface area contributed by atoms with Crippen LogP contribution < -0.4 is 21.5 Å². The third kappa shape index (κ3) is 6.52. The van der Waals surface area contributed by atoms with Gasteiger partial charge in [-0.25, -0.2) is 9.97 Å². The molecule has 1 amide bonds. The number of carbonyl (C=O) groups is 1. The summed E-state index contributed by atoms with van der Waals surface area (Å²) in [6.07, 6.45) is 2.65. The lowest BCUT2D eigenvalue weighted by atomic mass is 9.98. The number of aromatic nitrogens is 2. The van der Waals surface area contributed by atoms with Crippen LogP contribution in [0.4, 0.5) is 11.6 Å². The highest BCUT2D eigenvalue weighted by Gasteiger charge is 2.23. The maximum absolute atomic E-state index is 12.4. The van der Waals surface area contributed by atoms with Crippen LogP contribution in [0.15, 0.2) is 29.3 Å². The number of hydrogen-bond acceptors (Lipinski definition) is 9. The van der Waals surface area contributed by atoms with Crippen molar-refractivity contribution in [3.8, 4) is 5.75 Å². The monoisotopic (exact) mass is 462 g/mol.